The van der Waals surface area contributed by atoms with Crippen LogP contribution in [0.5, 0.6) is 0 Å². The van der Waals surface area contributed by atoms with E-state index in [0.29, 0.717) is 17.8 Å². The van der Waals surface area contributed by atoms with Gasteiger partial charge in [0.15, 0.2) is 0 Å². The first-order valence-corrected chi connectivity index (χ1v) is 13.9. The van der Waals surface area contributed by atoms with E-state index in [2.05, 4.69) is 30.1 Å². The van der Waals surface area contributed by atoms with Crippen molar-refractivity contribution in [2.45, 2.75) is 51.0 Å². The number of amides is 2. The van der Waals surface area contributed by atoms with Gasteiger partial charge >= 0.3 is 6.03 Å². The summed E-state index contributed by atoms with van der Waals surface area (Å²) in [6, 6.07) is 13.8. The van der Waals surface area contributed by atoms with Crippen molar-refractivity contribution >= 4 is 21.6 Å². The molecule has 1 aliphatic heterocycles. The molecule has 3 N–H and O–H groups in total. The molecule has 1 saturated carbocycles. The maximum atomic E-state index is 13.3. The quantitative estimate of drug-likeness (QED) is 0.572. The number of hydrogen-bond donors (Lipinski definition) is 2. The summed E-state index contributed by atoms with van der Waals surface area (Å²) in [5.74, 6) is 0. The Kier molecular flexibility index (Phi) is 7.39. The average molecular weight is 517 g/mol. The molecule has 0 radical (unpaired) electrons. The number of likely N-dealkylation sites (tertiary alicyclic amines) is 1. The standard InChI is InChI=1S/C29H32N4O3S/c1-4-24(26-12-9-23(17-30)15-20(26)2)16-27-21(3)33(19-29(27)13-5-6-14-29)28(34)32-18-22-7-10-25(11-8-22)37(31,35)36/h4,7-12,15-16H,3,5-6,13-14,18-19H2,1-2H3,(H,32,34)(H2,31,35,36)/b24-4+,27-16+. The Morgan fingerprint density at radius 1 is 1.22 bits per heavy atom. The number of sulfonamides is 1. The van der Waals surface area contributed by atoms with E-state index in [-0.39, 0.29) is 22.9 Å². The Morgan fingerprint density at radius 2 is 1.89 bits per heavy atom. The number of allylic oxidation sites excluding steroid dienone is 4. The van der Waals surface area contributed by atoms with Crippen molar-refractivity contribution in [3.05, 3.63) is 94.7 Å². The highest BCUT2D eigenvalue weighted by Crippen LogP contribution is 2.53. The third kappa shape index (κ3) is 5.38. The molecule has 1 spiro atoms. The maximum absolute atomic E-state index is 13.3. The Bertz CT molecular complexity index is 1440. The van der Waals surface area contributed by atoms with Gasteiger partial charge in [-0.1, -0.05) is 43.7 Å². The zero-order chi connectivity index (χ0) is 26.8. The minimum absolute atomic E-state index is 0.0331. The predicted molar refractivity (Wildman–Crippen MR) is 144 cm³/mol. The first-order chi connectivity index (χ1) is 17.6. The lowest BCUT2D eigenvalue weighted by atomic mass is 9.79. The van der Waals surface area contributed by atoms with Crippen LogP contribution in [-0.2, 0) is 16.6 Å². The number of aryl methyl sites for hydroxylation is 1. The molecule has 192 valence electrons. The number of carbonyl (C=O) groups is 1. The first kappa shape index (κ1) is 26.4. The van der Waals surface area contributed by atoms with Crippen LogP contribution in [0.25, 0.3) is 5.57 Å². The molecule has 2 amide bonds. The van der Waals surface area contributed by atoms with Crippen LogP contribution in [0.3, 0.4) is 0 Å². The fourth-order valence-corrected chi connectivity index (χ4v) is 5.96. The second-order valence-electron chi connectivity index (χ2n) is 9.81. The van der Waals surface area contributed by atoms with Crippen molar-refractivity contribution in [2.24, 2.45) is 10.6 Å². The lowest BCUT2D eigenvalue weighted by Gasteiger charge is -2.24. The molecule has 2 aromatic rings. The van der Waals surface area contributed by atoms with Crippen molar-refractivity contribution in [2.75, 3.05) is 6.54 Å². The maximum Gasteiger partial charge on any atom is 0.322 e. The fraction of sp³-hybridized carbons (Fsp3) is 0.310. The third-order valence-electron chi connectivity index (χ3n) is 7.45. The summed E-state index contributed by atoms with van der Waals surface area (Å²) in [7, 11) is -3.76. The number of rotatable bonds is 5. The molecule has 8 heteroatoms. The number of nitrogens with two attached hydrogens (primary N) is 1. The van der Waals surface area contributed by atoms with Crippen LogP contribution in [-0.4, -0.2) is 25.9 Å². The molecule has 1 saturated heterocycles. The van der Waals surface area contributed by atoms with Gasteiger partial charge in [0.05, 0.1) is 16.5 Å². The van der Waals surface area contributed by atoms with E-state index in [1.165, 1.54) is 12.1 Å². The van der Waals surface area contributed by atoms with Gasteiger partial charge in [0.2, 0.25) is 10.0 Å². The molecule has 7 nitrogen and oxygen atoms in total. The second kappa shape index (κ2) is 10.4. The van der Waals surface area contributed by atoms with E-state index in [9.17, 15) is 18.5 Å². The molecule has 37 heavy (non-hydrogen) atoms. The van der Waals surface area contributed by atoms with E-state index < -0.39 is 10.0 Å². The van der Waals surface area contributed by atoms with Crippen LogP contribution in [0.15, 0.2) is 77.4 Å². The largest absolute Gasteiger partial charge is 0.334 e. The highest BCUT2D eigenvalue weighted by molar-refractivity contribution is 7.89. The Balaban J connectivity index is 1.57. The molecule has 1 aliphatic carbocycles. The Hall–Kier alpha value is -3.67. The van der Waals surface area contributed by atoms with Crippen molar-refractivity contribution in [1.29, 1.82) is 5.26 Å². The van der Waals surface area contributed by atoms with Crippen molar-refractivity contribution in [3.63, 3.8) is 0 Å². The number of nitriles is 1. The number of nitrogens with zero attached hydrogens (tertiary/aromatic N) is 2. The Morgan fingerprint density at radius 3 is 2.46 bits per heavy atom. The van der Waals surface area contributed by atoms with Crippen LogP contribution in [0.4, 0.5) is 4.79 Å². The van der Waals surface area contributed by atoms with Crippen LogP contribution in [0.2, 0.25) is 0 Å². The summed E-state index contributed by atoms with van der Waals surface area (Å²) in [5, 5.41) is 17.3. The van der Waals surface area contributed by atoms with E-state index in [0.717, 1.165) is 53.5 Å². The molecular weight excluding hydrogens is 484 g/mol. The molecule has 0 unspecified atom stereocenters. The van der Waals surface area contributed by atoms with Crippen molar-refractivity contribution < 1.29 is 13.2 Å². The van der Waals surface area contributed by atoms with Crippen LogP contribution in [0, 0.1) is 23.7 Å². The van der Waals surface area contributed by atoms with Gasteiger partial charge in [-0.25, -0.2) is 18.4 Å². The molecule has 0 atom stereocenters. The summed E-state index contributed by atoms with van der Waals surface area (Å²) in [5.41, 5.74) is 6.19. The number of benzene rings is 2. The average Bonchev–Trinajstić information content (AvgIpc) is 3.45. The molecule has 0 aromatic heterocycles. The minimum Gasteiger partial charge on any atom is -0.334 e. The predicted octanol–water partition coefficient (Wildman–Crippen LogP) is 5.14. The second-order valence-corrected chi connectivity index (χ2v) is 11.4. The number of primary sulfonamides is 1. The van der Waals surface area contributed by atoms with Crippen molar-refractivity contribution in [3.8, 4) is 6.07 Å². The van der Waals surface area contributed by atoms with Gasteiger partial charge in [-0.05, 0) is 84.9 Å². The molecule has 4 rings (SSSR count). The highest BCUT2D eigenvalue weighted by atomic mass is 32.2. The number of carbonyl (C=O) groups excluding carboxylic acids is 1. The highest BCUT2D eigenvalue weighted by Gasteiger charge is 2.48. The molecular formula is C29H32N4O3S. The van der Waals surface area contributed by atoms with Crippen LogP contribution >= 0.6 is 0 Å². The van der Waals surface area contributed by atoms with E-state index in [1.807, 2.05) is 32.0 Å². The van der Waals surface area contributed by atoms with E-state index >= 15 is 0 Å². The summed E-state index contributed by atoms with van der Waals surface area (Å²) >= 11 is 0. The van der Waals surface area contributed by atoms with Crippen LogP contribution < -0.4 is 10.5 Å². The molecule has 1 heterocycles. The fourth-order valence-electron chi connectivity index (χ4n) is 5.44. The van der Waals surface area contributed by atoms with E-state index in [1.54, 1.807) is 17.0 Å². The number of hydrogen-bond acceptors (Lipinski definition) is 4. The lowest BCUT2D eigenvalue weighted by molar-refractivity contribution is 0.206. The van der Waals surface area contributed by atoms with Crippen molar-refractivity contribution in [1.82, 2.24) is 10.2 Å². The third-order valence-corrected chi connectivity index (χ3v) is 8.38. The van der Waals surface area contributed by atoms with Gasteiger partial charge in [-0.3, -0.25) is 4.90 Å². The summed E-state index contributed by atoms with van der Waals surface area (Å²) in [6.45, 7) is 9.16. The van der Waals surface area contributed by atoms with E-state index in [4.69, 9.17) is 5.14 Å². The minimum atomic E-state index is -3.76. The van der Waals surface area contributed by atoms with Gasteiger partial charge in [0, 0.05) is 24.2 Å². The number of nitrogens with one attached hydrogen (secondary N) is 1. The summed E-state index contributed by atoms with van der Waals surface area (Å²) in [4.78, 5) is 15.0. The normalized spacial score (nSPS) is 18.4. The molecule has 0 bridgehead atoms. The topological polar surface area (TPSA) is 116 Å². The van der Waals surface area contributed by atoms with Gasteiger partial charge in [-0.2, -0.15) is 5.26 Å². The van der Waals surface area contributed by atoms with Gasteiger partial charge in [-0.15, -0.1) is 0 Å². The van der Waals surface area contributed by atoms with Gasteiger partial charge < -0.3 is 5.32 Å². The summed E-state index contributed by atoms with van der Waals surface area (Å²) in [6.07, 6.45) is 8.45. The monoisotopic (exact) mass is 516 g/mol. The molecule has 2 aliphatic rings. The van der Waals surface area contributed by atoms with Gasteiger partial charge in [0.1, 0.15) is 0 Å². The summed E-state index contributed by atoms with van der Waals surface area (Å²) < 4.78 is 23.0. The molecule has 2 fully saturated rings. The molecule has 2 aromatic carbocycles. The zero-order valence-electron chi connectivity index (χ0n) is 21.3. The first-order valence-electron chi connectivity index (χ1n) is 12.3. The van der Waals surface area contributed by atoms with Crippen LogP contribution in [0.1, 0.15) is 54.9 Å². The number of urea groups is 1. The smallest absolute Gasteiger partial charge is 0.322 e. The van der Waals surface area contributed by atoms with Gasteiger partial charge in [0.25, 0.3) is 0 Å². The Labute approximate surface area is 219 Å². The lowest BCUT2D eigenvalue weighted by Crippen LogP contribution is -2.38. The zero-order valence-corrected chi connectivity index (χ0v) is 22.1. The SMILES string of the molecule is C=C1/C(=C\C(=C/C)c2ccc(C#N)cc2C)C2(CCCC2)CN1C(=O)NCc1ccc(S(N)(=O)=O)cc1.